The average Bonchev–Trinajstić information content (AvgIpc) is 3.34. The summed E-state index contributed by atoms with van der Waals surface area (Å²) in [5.41, 5.74) is 0.654. The Balaban J connectivity index is 1.35. The summed E-state index contributed by atoms with van der Waals surface area (Å²) in [6.07, 6.45) is 0. The van der Waals surface area contributed by atoms with E-state index in [9.17, 15) is 4.79 Å². The van der Waals surface area contributed by atoms with Gasteiger partial charge in [-0.25, -0.2) is 0 Å². The molecule has 0 spiro atoms. The molecule has 8 nitrogen and oxygen atoms in total. The minimum atomic E-state index is -0.369. The minimum absolute atomic E-state index is 0.140. The Morgan fingerprint density at radius 2 is 2.00 bits per heavy atom. The Morgan fingerprint density at radius 3 is 2.83 bits per heavy atom. The number of anilines is 1. The van der Waals surface area contributed by atoms with Gasteiger partial charge in [0.15, 0.2) is 22.5 Å². The smallest absolute Gasteiger partial charge is 0.237 e. The number of hydrogen-bond donors (Lipinski definition) is 1. The number of amides is 1. The Labute approximate surface area is 172 Å². The number of thioether (sulfide) groups is 1. The third-order valence-corrected chi connectivity index (χ3v) is 5.46. The largest absolute Gasteiger partial charge is 0.486 e. The number of ether oxygens (including phenoxy) is 3. The summed E-state index contributed by atoms with van der Waals surface area (Å²) in [4.78, 5) is 12.6. The number of benzene rings is 2. The molecule has 0 fully saturated rings. The van der Waals surface area contributed by atoms with Crippen LogP contribution in [0.25, 0.3) is 0 Å². The first kappa shape index (κ1) is 19.1. The number of carbonyl (C=O) groups excluding carboxylic acids is 1. The second-order valence-electron chi connectivity index (χ2n) is 6.38. The summed E-state index contributed by atoms with van der Waals surface area (Å²) in [6.45, 7) is 2.31. The van der Waals surface area contributed by atoms with Gasteiger partial charge in [-0.1, -0.05) is 30.0 Å². The van der Waals surface area contributed by atoms with Gasteiger partial charge in [-0.05, 0) is 31.2 Å². The van der Waals surface area contributed by atoms with Gasteiger partial charge in [0, 0.05) is 18.8 Å². The maximum atomic E-state index is 12.6. The topological polar surface area (TPSA) is 87.5 Å². The van der Waals surface area contributed by atoms with Crippen molar-refractivity contribution in [3.05, 3.63) is 54.4 Å². The van der Waals surface area contributed by atoms with Crippen LogP contribution in [-0.2, 0) is 18.4 Å². The van der Waals surface area contributed by atoms with Crippen LogP contribution in [0.15, 0.2) is 53.7 Å². The zero-order chi connectivity index (χ0) is 20.2. The molecule has 2 heterocycles. The van der Waals surface area contributed by atoms with Gasteiger partial charge in [0.1, 0.15) is 12.4 Å². The van der Waals surface area contributed by atoms with E-state index in [4.69, 9.17) is 14.2 Å². The van der Waals surface area contributed by atoms with Gasteiger partial charge < -0.3 is 24.1 Å². The number of hydrogen-bond acceptors (Lipinski definition) is 7. The van der Waals surface area contributed by atoms with Crippen LogP contribution >= 0.6 is 11.8 Å². The lowest BCUT2D eigenvalue weighted by atomic mass is 10.2. The van der Waals surface area contributed by atoms with E-state index in [-0.39, 0.29) is 18.0 Å². The van der Waals surface area contributed by atoms with Crippen LogP contribution in [0.5, 0.6) is 17.2 Å². The molecular weight excluding hydrogens is 392 g/mol. The van der Waals surface area contributed by atoms with Gasteiger partial charge >= 0.3 is 0 Å². The van der Waals surface area contributed by atoms with Gasteiger partial charge in [0.05, 0.1) is 5.25 Å². The van der Waals surface area contributed by atoms with Crippen LogP contribution in [0.3, 0.4) is 0 Å². The molecule has 0 saturated heterocycles. The first-order valence-corrected chi connectivity index (χ1v) is 9.91. The Bertz CT molecular complexity index is 1010. The maximum absolute atomic E-state index is 12.6. The second kappa shape index (κ2) is 8.44. The van der Waals surface area contributed by atoms with E-state index >= 15 is 0 Å². The Hall–Kier alpha value is -3.20. The number of nitrogens with one attached hydrogen (secondary N) is 1. The predicted molar refractivity (Wildman–Crippen MR) is 108 cm³/mol. The summed E-state index contributed by atoms with van der Waals surface area (Å²) in [5, 5.41) is 11.5. The van der Waals surface area contributed by atoms with E-state index < -0.39 is 0 Å². The molecule has 1 amide bonds. The molecule has 1 N–H and O–H groups in total. The third-order valence-electron chi connectivity index (χ3n) is 4.33. The molecule has 0 saturated carbocycles. The SMILES string of the molecule is C[C@@H](Sc1nnc(COc2ccccc2)n1C)C(=O)Nc1ccc2c(c1)OCO2. The van der Waals surface area contributed by atoms with Crippen LogP contribution in [0.2, 0.25) is 0 Å². The predicted octanol–water partition coefficient (Wildman–Crippen LogP) is 3.24. The normalized spacial score (nSPS) is 13.2. The van der Waals surface area contributed by atoms with Crippen molar-refractivity contribution in [3.63, 3.8) is 0 Å². The van der Waals surface area contributed by atoms with Crippen LogP contribution in [0, 0.1) is 0 Å². The summed E-state index contributed by atoms with van der Waals surface area (Å²) in [7, 11) is 1.86. The molecule has 1 aromatic heterocycles. The van der Waals surface area contributed by atoms with Crippen LogP contribution < -0.4 is 19.5 Å². The van der Waals surface area contributed by atoms with Crippen molar-refractivity contribution in [1.29, 1.82) is 0 Å². The maximum Gasteiger partial charge on any atom is 0.237 e. The van der Waals surface area contributed by atoms with Gasteiger partial charge in [0.2, 0.25) is 12.7 Å². The molecule has 9 heteroatoms. The van der Waals surface area contributed by atoms with E-state index in [0.717, 1.165) is 5.75 Å². The van der Waals surface area contributed by atoms with Crippen LogP contribution in [-0.4, -0.2) is 32.7 Å². The Kier molecular flexibility index (Phi) is 5.57. The number of fused-ring (bicyclic) bond motifs is 1. The highest BCUT2D eigenvalue weighted by atomic mass is 32.2. The first-order chi connectivity index (χ1) is 14.1. The highest BCUT2D eigenvalue weighted by Gasteiger charge is 2.20. The van der Waals surface area contributed by atoms with Gasteiger partial charge in [0.25, 0.3) is 0 Å². The van der Waals surface area contributed by atoms with E-state index in [1.807, 2.05) is 48.9 Å². The summed E-state index contributed by atoms with van der Waals surface area (Å²) >= 11 is 1.33. The fourth-order valence-electron chi connectivity index (χ4n) is 2.67. The van der Waals surface area contributed by atoms with Crippen molar-refractivity contribution in [2.24, 2.45) is 7.05 Å². The van der Waals surface area contributed by atoms with Crippen molar-refractivity contribution in [2.45, 2.75) is 23.9 Å². The molecule has 150 valence electrons. The molecule has 3 aromatic rings. The molecule has 1 aliphatic rings. The molecule has 1 atom stereocenters. The summed E-state index contributed by atoms with van der Waals surface area (Å²) in [5.74, 6) is 2.61. The molecule has 0 aliphatic carbocycles. The van der Waals surface area contributed by atoms with E-state index in [2.05, 4.69) is 15.5 Å². The lowest BCUT2D eigenvalue weighted by Gasteiger charge is -2.12. The molecule has 29 heavy (non-hydrogen) atoms. The van der Waals surface area contributed by atoms with E-state index in [0.29, 0.717) is 34.8 Å². The molecule has 2 aromatic carbocycles. The summed E-state index contributed by atoms with van der Waals surface area (Å²) < 4.78 is 18.2. The molecular formula is C20H20N4O4S. The molecule has 0 bridgehead atoms. The lowest BCUT2D eigenvalue weighted by molar-refractivity contribution is -0.115. The van der Waals surface area contributed by atoms with E-state index in [1.54, 1.807) is 18.2 Å². The Morgan fingerprint density at radius 1 is 1.21 bits per heavy atom. The second-order valence-corrected chi connectivity index (χ2v) is 7.68. The monoisotopic (exact) mass is 412 g/mol. The molecule has 0 radical (unpaired) electrons. The zero-order valence-corrected chi connectivity index (χ0v) is 16.8. The van der Waals surface area contributed by atoms with Crippen LogP contribution in [0.1, 0.15) is 12.7 Å². The lowest BCUT2D eigenvalue weighted by Crippen LogP contribution is -2.22. The zero-order valence-electron chi connectivity index (χ0n) is 16.0. The highest BCUT2D eigenvalue weighted by molar-refractivity contribution is 8.00. The molecule has 0 unspecified atom stereocenters. The molecule has 4 rings (SSSR count). The van der Waals surface area contributed by atoms with Gasteiger partial charge in [-0.15, -0.1) is 10.2 Å². The first-order valence-electron chi connectivity index (χ1n) is 9.03. The van der Waals surface area contributed by atoms with Gasteiger partial charge in [-0.2, -0.15) is 0 Å². The van der Waals surface area contributed by atoms with Crippen molar-refractivity contribution in [1.82, 2.24) is 14.8 Å². The third kappa shape index (κ3) is 4.45. The van der Waals surface area contributed by atoms with Crippen molar-refractivity contribution >= 4 is 23.4 Å². The number of rotatable bonds is 7. The minimum Gasteiger partial charge on any atom is -0.486 e. The fraction of sp³-hybridized carbons (Fsp3) is 0.250. The van der Waals surface area contributed by atoms with Crippen molar-refractivity contribution < 1.29 is 19.0 Å². The number of carbonyl (C=O) groups is 1. The number of nitrogens with zero attached hydrogens (tertiary/aromatic N) is 3. The fourth-order valence-corrected chi connectivity index (χ4v) is 3.50. The van der Waals surface area contributed by atoms with E-state index in [1.165, 1.54) is 11.8 Å². The van der Waals surface area contributed by atoms with Crippen molar-refractivity contribution in [3.8, 4) is 17.2 Å². The van der Waals surface area contributed by atoms with Crippen molar-refractivity contribution in [2.75, 3.05) is 12.1 Å². The standard InChI is InChI=1S/C20H20N4O4S/c1-13(19(25)21-14-8-9-16-17(10-14)28-12-27-16)29-20-23-22-18(24(20)2)11-26-15-6-4-3-5-7-15/h3-10,13H,11-12H2,1-2H3,(H,21,25)/t13-/m1/s1. The highest BCUT2D eigenvalue weighted by Crippen LogP contribution is 2.34. The number of aromatic nitrogens is 3. The average molecular weight is 412 g/mol. The van der Waals surface area contributed by atoms with Crippen LogP contribution in [0.4, 0.5) is 5.69 Å². The number of para-hydroxylation sites is 1. The summed E-state index contributed by atoms with van der Waals surface area (Å²) in [6, 6.07) is 14.8. The quantitative estimate of drug-likeness (QED) is 0.596. The molecule has 1 aliphatic heterocycles. The van der Waals surface area contributed by atoms with Gasteiger partial charge in [-0.3, -0.25) is 4.79 Å².